The second-order valence-corrected chi connectivity index (χ2v) is 8.36. The molecule has 3 aromatic carbocycles. The summed E-state index contributed by atoms with van der Waals surface area (Å²) in [5.41, 5.74) is 2.61. The van der Waals surface area contributed by atoms with Gasteiger partial charge in [-0.25, -0.2) is 0 Å². The Morgan fingerprint density at radius 3 is 2.45 bits per heavy atom. The van der Waals surface area contributed by atoms with Gasteiger partial charge in [-0.2, -0.15) is 0 Å². The Labute approximate surface area is 192 Å². The summed E-state index contributed by atoms with van der Waals surface area (Å²) in [6.45, 7) is 0.496. The molecular formula is C23H18BrN3O3S. The molecule has 0 spiro atoms. The number of benzene rings is 3. The zero-order valence-electron chi connectivity index (χ0n) is 16.3. The zero-order valence-corrected chi connectivity index (χ0v) is 18.7. The van der Waals surface area contributed by atoms with Gasteiger partial charge in [-0.1, -0.05) is 58.0 Å². The lowest BCUT2D eigenvalue weighted by atomic mass is 10.2. The van der Waals surface area contributed by atoms with Gasteiger partial charge in [0, 0.05) is 15.7 Å². The Morgan fingerprint density at radius 2 is 1.71 bits per heavy atom. The topological polar surface area (TPSA) is 77.2 Å². The second kappa shape index (κ2) is 10.3. The molecule has 0 radical (unpaired) electrons. The number of anilines is 1. The highest BCUT2D eigenvalue weighted by atomic mass is 79.9. The van der Waals surface area contributed by atoms with Gasteiger partial charge in [-0.15, -0.1) is 10.2 Å². The van der Waals surface area contributed by atoms with Gasteiger partial charge >= 0.3 is 0 Å². The molecule has 0 fully saturated rings. The predicted octanol–water partition coefficient (Wildman–Crippen LogP) is 5.81. The molecule has 0 atom stereocenters. The number of hydrogen-bond acceptors (Lipinski definition) is 6. The first kappa shape index (κ1) is 21.1. The van der Waals surface area contributed by atoms with E-state index in [1.807, 2.05) is 66.7 Å². The van der Waals surface area contributed by atoms with Crippen LogP contribution in [-0.4, -0.2) is 21.9 Å². The number of amides is 1. The van der Waals surface area contributed by atoms with Crippen LogP contribution in [0.1, 0.15) is 5.56 Å². The molecule has 4 rings (SSSR count). The van der Waals surface area contributed by atoms with Crippen molar-refractivity contribution in [3.05, 3.63) is 88.9 Å². The van der Waals surface area contributed by atoms with E-state index in [0.29, 0.717) is 23.4 Å². The van der Waals surface area contributed by atoms with Crippen LogP contribution in [0.15, 0.2) is 93.0 Å². The summed E-state index contributed by atoms with van der Waals surface area (Å²) in [4.78, 5) is 12.2. The maximum absolute atomic E-state index is 12.2. The van der Waals surface area contributed by atoms with Crippen molar-refractivity contribution >= 4 is 39.3 Å². The van der Waals surface area contributed by atoms with Crippen molar-refractivity contribution < 1.29 is 13.9 Å². The van der Waals surface area contributed by atoms with Gasteiger partial charge < -0.3 is 14.5 Å². The molecule has 0 saturated carbocycles. The molecule has 0 saturated heterocycles. The third-order valence-electron chi connectivity index (χ3n) is 4.21. The van der Waals surface area contributed by atoms with E-state index in [0.717, 1.165) is 21.3 Å². The molecule has 1 heterocycles. The fraction of sp³-hybridized carbons (Fsp3) is 0.0870. The van der Waals surface area contributed by atoms with E-state index < -0.39 is 0 Å². The minimum absolute atomic E-state index is 0.161. The molecule has 156 valence electrons. The number of ether oxygens (including phenoxy) is 1. The summed E-state index contributed by atoms with van der Waals surface area (Å²) in [5, 5.41) is 11.2. The quantitative estimate of drug-likeness (QED) is 0.311. The van der Waals surface area contributed by atoms with E-state index >= 15 is 0 Å². The van der Waals surface area contributed by atoms with Gasteiger partial charge in [-0.3, -0.25) is 4.79 Å². The number of carbonyl (C=O) groups is 1. The van der Waals surface area contributed by atoms with Crippen LogP contribution in [0.25, 0.3) is 11.5 Å². The van der Waals surface area contributed by atoms with Crippen LogP contribution < -0.4 is 10.1 Å². The number of nitrogens with one attached hydrogen (secondary N) is 1. The van der Waals surface area contributed by atoms with Crippen molar-refractivity contribution in [2.75, 3.05) is 11.1 Å². The van der Waals surface area contributed by atoms with Crippen LogP contribution in [0.4, 0.5) is 5.69 Å². The number of rotatable bonds is 8. The third kappa shape index (κ3) is 6.19. The molecule has 1 N–H and O–H groups in total. The van der Waals surface area contributed by atoms with Crippen molar-refractivity contribution in [2.45, 2.75) is 11.8 Å². The molecule has 0 aliphatic rings. The standard InChI is InChI=1S/C23H18BrN3O3S/c24-18-8-6-17(7-9-18)22-26-27-23(30-22)31-15-21(28)25-19-10-12-20(13-11-19)29-14-16-4-2-1-3-5-16/h1-13H,14-15H2,(H,25,28). The second-order valence-electron chi connectivity index (χ2n) is 6.52. The molecule has 1 aromatic heterocycles. The van der Waals surface area contributed by atoms with Gasteiger partial charge in [0.05, 0.1) is 5.75 Å². The Balaban J connectivity index is 1.25. The number of hydrogen-bond donors (Lipinski definition) is 1. The van der Waals surface area contributed by atoms with E-state index in [4.69, 9.17) is 9.15 Å². The van der Waals surface area contributed by atoms with Gasteiger partial charge in [-0.05, 0) is 54.1 Å². The highest BCUT2D eigenvalue weighted by Crippen LogP contribution is 2.25. The number of nitrogens with zero attached hydrogens (tertiary/aromatic N) is 2. The highest BCUT2D eigenvalue weighted by Gasteiger charge is 2.11. The molecule has 0 unspecified atom stereocenters. The first-order chi connectivity index (χ1) is 15.2. The van der Waals surface area contributed by atoms with Crippen LogP contribution >= 0.6 is 27.7 Å². The molecule has 31 heavy (non-hydrogen) atoms. The molecule has 0 bridgehead atoms. The number of carbonyl (C=O) groups excluding carboxylic acids is 1. The molecule has 4 aromatic rings. The number of aromatic nitrogens is 2. The monoisotopic (exact) mass is 495 g/mol. The Bertz CT molecular complexity index is 1130. The minimum Gasteiger partial charge on any atom is -0.489 e. The van der Waals surface area contributed by atoms with E-state index in [1.54, 1.807) is 12.1 Å². The van der Waals surface area contributed by atoms with Gasteiger partial charge in [0.2, 0.25) is 11.8 Å². The van der Waals surface area contributed by atoms with E-state index in [-0.39, 0.29) is 11.7 Å². The van der Waals surface area contributed by atoms with Crippen LogP contribution in [0, 0.1) is 0 Å². The van der Waals surface area contributed by atoms with Crippen molar-refractivity contribution in [3.8, 4) is 17.2 Å². The van der Waals surface area contributed by atoms with Crippen molar-refractivity contribution in [1.29, 1.82) is 0 Å². The first-order valence-electron chi connectivity index (χ1n) is 9.44. The molecule has 0 aliphatic carbocycles. The molecule has 6 nitrogen and oxygen atoms in total. The molecule has 1 amide bonds. The lowest BCUT2D eigenvalue weighted by molar-refractivity contribution is -0.113. The fourth-order valence-corrected chi connectivity index (χ4v) is 3.50. The molecular weight excluding hydrogens is 478 g/mol. The zero-order chi connectivity index (χ0) is 21.5. The lowest BCUT2D eigenvalue weighted by Crippen LogP contribution is -2.13. The van der Waals surface area contributed by atoms with Crippen molar-refractivity contribution in [3.63, 3.8) is 0 Å². The predicted molar refractivity (Wildman–Crippen MR) is 124 cm³/mol. The van der Waals surface area contributed by atoms with Crippen LogP contribution in [0.2, 0.25) is 0 Å². The van der Waals surface area contributed by atoms with E-state index in [2.05, 4.69) is 31.4 Å². The average molecular weight is 496 g/mol. The fourth-order valence-electron chi connectivity index (χ4n) is 2.68. The summed E-state index contributed by atoms with van der Waals surface area (Å²) < 4.78 is 12.3. The Hall–Kier alpha value is -3.10. The largest absolute Gasteiger partial charge is 0.489 e. The smallest absolute Gasteiger partial charge is 0.277 e. The highest BCUT2D eigenvalue weighted by molar-refractivity contribution is 9.10. The summed E-state index contributed by atoms with van der Waals surface area (Å²) in [6, 6.07) is 24.8. The summed E-state index contributed by atoms with van der Waals surface area (Å²) in [7, 11) is 0. The average Bonchev–Trinajstić information content (AvgIpc) is 3.28. The van der Waals surface area contributed by atoms with Crippen molar-refractivity contribution in [1.82, 2.24) is 10.2 Å². The minimum atomic E-state index is -0.161. The number of thioether (sulfide) groups is 1. The molecule has 0 aliphatic heterocycles. The van der Waals surface area contributed by atoms with E-state index in [1.165, 1.54) is 11.8 Å². The van der Waals surface area contributed by atoms with Gasteiger partial charge in [0.15, 0.2) is 0 Å². The van der Waals surface area contributed by atoms with Gasteiger partial charge in [0.1, 0.15) is 12.4 Å². The normalized spacial score (nSPS) is 10.6. The first-order valence-corrected chi connectivity index (χ1v) is 11.2. The lowest BCUT2D eigenvalue weighted by Gasteiger charge is -2.08. The van der Waals surface area contributed by atoms with Crippen LogP contribution in [0.5, 0.6) is 5.75 Å². The SMILES string of the molecule is O=C(CSc1nnc(-c2ccc(Br)cc2)o1)Nc1ccc(OCc2ccccc2)cc1. The maximum Gasteiger partial charge on any atom is 0.277 e. The molecule has 8 heteroatoms. The van der Waals surface area contributed by atoms with Crippen LogP contribution in [0.3, 0.4) is 0 Å². The van der Waals surface area contributed by atoms with Crippen LogP contribution in [-0.2, 0) is 11.4 Å². The summed E-state index contributed by atoms with van der Waals surface area (Å²) >= 11 is 4.58. The summed E-state index contributed by atoms with van der Waals surface area (Å²) in [6.07, 6.45) is 0. The van der Waals surface area contributed by atoms with Crippen molar-refractivity contribution in [2.24, 2.45) is 0 Å². The van der Waals surface area contributed by atoms with Gasteiger partial charge in [0.25, 0.3) is 5.22 Å². The summed E-state index contributed by atoms with van der Waals surface area (Å²) in [5.74, 6) is 1.16. The number of halogens is 1. The Morgan fingerprint density at radius 1 is 0.968 bits per heavy atom. The van der Waals surface area contributed by atoms with E-state index in [9.17, 15) is 4.79 Å². The third-order valence-corrected chi connectivity index (χ3v) is 5.56. The Kier molecular flexibility index (Phi) is 7.01. The maximum atomic E-state index is 12.2.